The van der Waals surface area contributed by atoms with Crippen molar-refractivity contribution in [3.63, 3.8) is 0 Å². The van der Waals surface area contributed by atoms with Gasteiger partial charge in [-0.15, -0.1) is 0 Å². The maximum Gasteiger partial charge on any atom is 0.246 e. The lowest BCUT2D eigenvalue weighted by Crippen LogP contribution is -2.54. The van der Waals surface area contributed by atoms with Gasteiger partial charge in [0.25, 0.3) is 0 Å². The molecule has 10 heteroatoms. The van der Waals surface area contributed by atoms with Crippen molar-refractivity contribution in [3.8, 4) is 17.0 Å². The van der Waals surface area contributed by atoms with Crippen molar-refractivity contribution >= 4 is 29.1 Å². The molecule has 1 saturated heterocycles. The number of piperazine rings is 1. The predicted molar refractivity (Wildman–Crippen MR) is 169 cm³/mol. The standard InChI is InChI=1S/C33H39N7O3/c1-4-32(42)40-15-14-39(3)23-28(40)21-31(41)35-26-17-24-18-27(20-26)36-33-34-12-11-30(37-33)25-9-8-10-29(19-25)43-16-7-5-6-13-38(2)22-24/h4-6,8-12,17-20,28H,1,7,13-16,21-23H2,2-3H3,(H,35,41)(H,34,36,37)/b6-5+. The van der Waals surface area contributed by atoms with Gasteiger partial charge in [0.2, 0.25) is 17.8 Å². The molecule has 2 aromatic carbocycles. The van der Waals surface area contributed by atoms with E-state index in [9.17, 15) is 9.59 Å². The van der Waals surface area contributed by atoms with E-state index in [1.807, 2.05) is 55.6 Å². The fraction of sp³-hybridized carbons (Fsp3) is 0.333. The number of carbonyl (C=O) groups excluding carboxylic acids is 2. The predicted octanol–water partition coefficient (Wildman–Crippen LogP) is 4.31. The summed E-state index contributed by atoms with van der Waals surface area (Å²) in [5.41, 5.74) is 4.14. The van der Waals surface area contributed by atoms with Gasteiger partial charge in [-0.1, -0.05) is 30.9 Å². The zero-order valence-electron chi connectivity index (χ0n) is 24.8. The number of fused-ring (bicyclic) bond motifs is 7. The maximum absolute atomic E-state index is 13.3. The number of nitrogens with one attached hydrogen (secondary N) is 2. The number of hydrogen-bond acceptors (Lipinski definition) is 8. The van der Waals surface area contributed by atoms with Crippen LogP contribution in [-0.4, -0.2) is 89.4 Å². The van der Waals surface area contributed by atoms with E-state index in [0.29, 0.717) is 37.9 Å². The van der Waals surface area contributed by atoms with Crippen molar-refractivity contribution in [2.75, 3.05) is 57.5 Å². The number of nitrogens with zero attached hydrogens (tertiary/aromatic N) is 5. The Hall–Kier alpha value is -4.54. The highest BCUT2D eigenvalue weighted by Gasteiger charge is 2.29. The van der Waals surface area contributed by atoms with Crippen LogP contribution in [-0.2, 0) is 16.1 Å². The van der Waals surface area contributed by atoms with Crippen LogP contribution in [0.4, 0.5) is 17.3 Å². The maximum atomic E-state index is 13.3. The third-order valence-electron chi connectivity index (χ3n) is 7.47. The monoisotopic (exact) mass is 581 g/mol. The van der Waals surface area contributed by atoms with Gasteiger partial charge in [-0.3, -0.25) is 14.5 Å². The highest BCUT2D eigenvalue weighted by molar-refractivity contribution is 5.93. The van der Waals surface area contributed by atoms with E-state index in [1.165, 1.54) is 6.08 Å². The second-order valence-electron chi connectivity index (χ2n) is 11.0. The quantitative estimate of drug-likeness (QED) is 0.347. The zero-order valence-corrected chi connectivity index (χ0v) is 24.8. The lowest BCUT2D eigenvalue weighted by molar-refractivity contribution is -0.131. The van der Waals surface area contributed by atoms with Crippen LogP contribution in [0.1, 0.15) is 18.4 Å². The first-order chi connectivity index (χ1) is 20.9. The van der Waals surface area contributed by atoms with Gasteiger partial charge in [0, 0.05) is 62.3 Å². The lowest BCUT2D eigenvalue weighted by atomic mass is 10.1. The molecule has 0 saturated carbocycles. The van der Waals surface area contributed by atoms with Crippen molar-refractivity contribution in [1.82, 2.24) is 24.7 Å². The first kappa shape index (κ1) is 29.9. The fourth-order valence-corrected chi connectivity index (χ4v) is 5.39. The van der Waals surface area contributed by atoms with Gasteiger partial charge in [-0.05, 0) is 68.6 Å². The minimum absolute atomic E-state index is 0.149. The van der Waals surface area contributed by atoms with Crippen LogP contribution in [0.2, 0.25) is 0 Å². The fourth-order valence-electron chi connectivity index (χ4n) is 5.39. The summed E-state index contributed by atoms with van der Waals surface area (Å²) < 4.78 is 5.96. The van der Waals surface area contributed by atoms with E-state index in [0.717, 1.165) is 47.8 Å². The summed E-state index contributed by atoms with van der Waals surface area (Å²) in [6.07, 6.45) is 8.31. The van der Waals surface area contributed by atoms with Crippen LogP contribution in [0.15, 0.2) is 79.5 Å². The van der Waals surface area contributed by atoms with Crippen LogP contribution < -0.4 is 15.4 Å². The molecule has 5 rings (SSSR count). The number of likely N-dealkylation sites (N-methyl/N-ethyl adjacent to an activating group) is 2. The van der Waals surface area contributed by atoms with Crippen molar-refractivity contribution < 1.29 is 14.3 Å². The molecule has 3 heterocycles. The summed E-state index contributed by atoms with van der Waals surface area (Å²) in [5, 5.41) is 6.41. The summed E-state index contributed by atoms with van der Waals surface area (Å²) in [5.74, 6) is 0.932. The van der Waals surface area contributed by atoms with E-state index >= 15 is 0 Å². The van der Waals surface area contributed by atoms with Crippen molar-refractivity contribution in [2.24, 2.45) is 0 Å². The molecule has 43 heavy (non-hydrogen) atoms. The number of carbonyl (C=O) groups is 2. The molecule has 224 valence electrons. The zero-order chi connectivity index (χ0) is 30.2. The molecule has 10 nitrogen and oxygen atoms in total. The van der Waals surface area contributed by atoms with Crippen LogP contribution >= 0.6 is 0 Å². The van der Waals surface area contributed by atoms with E-state index in [1.54, 1.807) is 11.1 Å². The number of anilines is 3. The van der Waals surface area contributed by atoms with Crippen molar-refractivity contribution in [1.29, 1.82) is 0 Å². The van der Waals surface area contributed by atoms with E-state index < -0.39 is 0 Å². The molecule has 1 unspecified atom stereocenters. The van der Waals surface area contributed by atoms with Gasteiger partial charge in [0.15, 0.2) is 0 Å². The van der Waals surface area contributed by atoms with Gasteiger partial charge in [0.05, 0.1) is 18.3 Å². The number of amides is 2. The summed E-state index contributed by atoms with van der Waals surface area (Å²) in [6.45, 7) is 7.61. The Balaban J connectivity index is 1.40. The van der Waals surface area contributed by atoms with E-state index in [4.69, 9.17) is 9.72 Å². The Morgan fingerprint density at radius 3 is 2.86 bits per heavy atom. The summed E-state index contributed by atoms with van der Waals surface area (Å²) >= 11 is 0. The second-order valence-corrected chi connectivity index (χ2v) is 11.0. The highest BCUT2D eigenvalue weighted by atomic mass is 16.5. The van der Waals surface area contributed by atoms with Crippen LogP contribution in [0, 0.1) is 0 Å². The van der Waals surface area contributed by atoms with Gasteiger partial charge < -0.3 is 25.2 Å². The first-order valence-electron chi connectivity index (χ1n) is 14.6. The van der Waals surface area contributed by atoms with E-state index in [2.05, 4.69) is 51.2 Å². The minimum atomic E-state index is -0.227. The molecule has 0 radical (unpaired) electrons. The number of rotatable bonds is 4. The third kappa shape index (κ3) is 8.27. The molecular weight excluding hydrogens is 542 g/mol. The normalized spacial score (nSPS) is 18.7. The number of benzene rings is 2. The molecule has 2 amide bonds. The molecule has 1 fully saturated rings. The number of aromatic nitrogens is 2. The molecule has 2 aliphatic heterocycles. The molecule has 2 aliphatic rings. The Kier molecular flexibility index (Phi) is 9.81. The highest BCUT2D eigenvalue weighted by Crippen LogP contribution is 2.26. The van der Waals surface area contributed by atoms with E-state index in [-0.39, 0.29) is 24.3 Å². The number of hydrogen-bond donors (Lipinski definition) is 2. The van der Waals surface area contributed by atoms with Crippen LogP contribution in [0.3, 0.4) is 0 Å². The van der Waals surface area contributed by atoms with Crippen LogP contribution in [0.25, 0.3) is 11.3 Å². The molecule has 1 aromatic heterocycles. The average Bonchev–Trinajstić information content (AvgIpc) is 2.98. The topological polar surface area (TPSA) is 103 Å². The van der Waals surface area contributed by atoms with Crippen molar-refractivity contribution in [2.45, 2.75) is 25.4 Å². The molecular formula is C33H39N7O3. The Morgan fingerprint density at radius 1 is 1.12 bits per heavy atom. The lowest BCUT2D eigenvalue weighted by Gasteiger charge is -2.39. The SMILES string of the molecule is C=CC(=O)N1CCN(C)CC1CC(=O)Nc1cc2cc(c1)Nc1nccc(n1)-c1cccc(c1)OCC/C=C/CN(C)C2. The molecule has 2 N–H and O–H groups in total. The molecule has 0 spiro atoms. The van der Waals surface area contributed by atoms with Gasteiger partial charge in [-0.25, -0.2) is 9.97 Å². The smallest absolute Gasteiger partial charge is 0.246 e. The Labute approximate surface area is 253 Å². The third-order valence-corrected chi connectivity index (χ3v) is 7.47. The Bertz CT molecular complexity index is 1490. The van der Waals surface area contributed by atoms with Gasteiger partial charge >= 0.3 is 0 Å². The Morgan fingerprint density at radius 2 is 2.00 bits per heavy atom. The number of ether oxygens (including phenoxy) is 1. The van der Waals surface area contributed by atoms with Gasteiger partial charge in [-0.2, -0.15) is 0 Å². The van der Waals surface area contributed by atoms with Crippen LogP contribution in [0.5, 0.6) is 5.75 Å². The molecule has 3 aromatic rings. The molecule has 6 bridgehead atoms. The molecule has 0 aliphatic carbocycles. The first-order valence-corrected chi connectivity index (χ1v) is 14.6. The average molecular weight is 582 g/mol. The summed E-state index contributed by atoms with van der Waals surface area (Å²) in [7, 11) is 4.06. The van der Waals surface area contributed by atoms with Gasteiger partial charge in [0.1, 0.15) is 5.75 Å². The summed E-state index contributed by atoms with van der Waals surface area (Å²) in [4.78, 5) is 41.0. The molecule has 1 atom stereocenters. The second kappa shape index (κ2) is 14.1. The largest absolute Gasteiger partial charge is 0.493 e. The van der Waals surface area contributed by atoms with Crippen molar-refractivity contribution in [3.05, 3.63) is 85.1 Å². The minimum Gasteiger partial charge on any atom is -0.493 e. The summed E-state index contributed by atoms with van der Waals surface area (Å²) in [6, 6.07) is 15.4.